The Morgan fingerprint density at radius 1 is 1.73 bits per heavy atom. The Morgan fingerprint density at radius 2 is 2.55 bits per heavy atom. The quantitative estimate of drug-likeness (QED) is 0.643. The van der Waals surface area contributed by atoms with Gasteiger partial charge in [0.25, 0.3) is 0 Å². The molecule has 0 saturated carbocycles. The maximum Gasteiger partial charge on any atom is 0.0950 e. The van der Waals surface area contributed by atoms with Gasteiger partial charge in [0, 0.05) is 19.9 Å². The van der Waals surface area contributed by atoms with Crippen molar-refractivity contribution in [3.8, 4) is 0 Å². The third-order valence-corrected chi connectivity index (χ3v) is 1.65. The van der Waals surface area contributed by atoms with Crippen LogP contribution in [0.5, 0.6) is 0 Å². The number of nitrogens with zero attached hydrogens (tertiary/aromatic N) is 2. The van der Waals surface area contributed by atoms with Gasteiger partial charge in [0.15, 0.2) is 0 Å². The molecule has 11 heavy (non-hydrogen) atoms. The van der Waals surface area contributed by atoms with Crippen molar-refractivity contribution in [3.63, 3.8) is 0 Å². The number of rotatable bonds is 4. The Kier molecular flexibility index (Phi) is 3.39. The molecule has 0 aliphatic rings. The summed E-state index contributed by atoms with van der Waals surface area (Å²) in [4.78, 5) is 4.06. The zero-order valence-corrected chi connectivity index (χ0v) is 7.21. The number of halogens is 1. The monoisotopic (exact) mass is 174 g/mol. The third-order valence-electron chi connectivity index (χ3n) is 1.38. The van der Waals surface area contributed by atoms with Gasteiger partial charge in [-0.05, 0) is 0 Å². The van der Waals surface area contributed by atoms with Crippen LogP contribution in [0.25, 0.3) is 0 Å². The molecule has 1 rings (SSSR count). The second-order valence-corrected chi connectivity index (χ2v) is 2.50. The Balaban J connectivity index is 2.44. The van der Waals surface area contributed by atoms with Crippen LogP contribution in [0.1, 0.15) is 5.69 Å². The van der Waals surface area contributed by atoms with Crippen molar-refractivity contribution in [3.05, 3.63) is 18.2 Å². The second kappa shape index (κ2) is 4.36. The number of aromatic nitrogens is 2. The summed E-state index contributed by atoms with van der Waals surface area (Å²) in [6, 6.07) is 0. The van der Waals surface area contributed by atoms with E-state index in [1.807, 2.05) is 10.8 Å². The minimum atomic E-state index is 0.472. The lowest BCUT2D eigenvalue weighted by Gasteiger charge is -1.98. The summed E-state index contributed by atoms with van der Waals surface area (Å²) in [7, 11) is 1.68. The average molecular weight is 175 g/mol. The van der Waals surface area contributed by atoms with Gasteiger partial charge in [0.1, 0.15) is 0 Å². The van der Waals surface area contributed by atoms with E-state index in [1.54, 1.807) is 13.4 Å². The predicted octanol–water partition coefficient (Wildman–Crippen LogP) is 1.27. The average Bonchev–Trinajstić information content (AvgIpc) is 2.48. The first-order chi connectivity index (χ1) is 5.36. The summed E-state index contributed by atoms with van der Waals surface area (Å²) in [5, 5.41) is 0. The minimum absolute atomic E-state index is 0.472. The minimum Gasteiger partial charge on any atom is -0.383 e. The van der Waals surface area contributed by atoms with Crippen molar-refractivity contribution in [2.24, 2.45) is 0 Å². The first-order valence-electron chi connectivity index (χ1n) is 3.42. The molecule has 0 saturated heterocycles. The van der Waals surface area contributed by atoms with Crippen molar-refractivity contribution in [1.29, 1.82) is 0 Å². The molecule has 0 spiro atoms. The van der Waals surface area contributed by atoms with E-state index in [0.29, 0.717) is 12.5 Å². The molecule has 0 fully saturated rings. The van der Waals surface area contributed by atoms with Crippen LogP contribution in [0.4, 0.5) is 0 Å². The fourth-order valence-electron chi connectivity index (χ4n) is 0.794. The maximum absolute atomic E-state index is 5.57. The molecule has 0 bridgehead atoms. The molecule has 0 N–H and O–H groups in total. The van der Waals surface area contributed by atoms with Gasteiger partial charge in [0.2, 0.25) is 0 Å². The maximum atomic E-state index is 5.57. The van der Waals surface area contributed by atoms with Crippen molar-refractivity contribution < 1.29 is 4.74 Å². The number of ether oxygens (including phenoxy) is 1. The number of hydrogen-bond acceptors (Lipinski definition) is 2. The number of hydrogen-bond donors (Lipinski definition) is 0. The van der Waals surface area contributed by atoms with E-state index in [2.05, 4.69) is 4.98 Å². The number of imidazole rings is 1. The van der Waals surface area contributed by atoms with Gasteiger partial charge in [-0.1, -0.05) is 0 Å². The van der Waals surface area contributed by atoms with Crippen LogP contribution in [0.15, 0.2) is 12.5 Å². The Bertz CT molecular complexity index is 212. The molecule has 0 atom stereocenters. The van der Waals surface area contributed by atoms with Gasteiger partial charge in [-0.2, -0.15) is 0 Å². The SMILES string of the molecule is COCCn1cnc(CCl)c1. The lowest BCUT2D eigenvalue weighted by Crippen LogP contribution is -2.00. The molecule has 1 aromatic heterocycles. The van der Waals surface area contributed by atoms with Crippen molar-refractivity contribution >= 4 is 11.6 Å². The van der Waals surface area contributed by atoms with Crippen LogP contribution >= 0.6 is 11.6 Å². The largest absolute Gasteiger partial charge is 0.383 e. The molecule has 0 aromatic carbocycles. The molecule has 0 aliphatic carbocycles. The highest BCUT2D eigenvalue weighted by molar-refractivity contribution is 6.16. The molecule has 1 heterocycles. The molecule has 4 heteroatoms. The van der Waals surface area contributed by atoms with Crippen LogP contribution in [0.3, 0.4) is 0 Å². The van der Waals surface area contributed by atoms with Gasteiger partial charge in [-0.3, -0.25) is 0 Å². The van der Waals surface area contributed by atoms with Crippen LogP contribution in [-0.2, 0) is 17.2 Å². The van der Waals surface area contributed by atoms with E-state index in [1.165, 1.54) is 0 Å². The van der Waals surface area contributed by atoms with Crippen LogP contribution in [0.2, 0.25) is 0 Å². The summed E-state index contributed by atoms with van der Waals surface area (Å²) in [6.45, 7) is 1.54. The molecular formula is C7H11ClN2O. The first kappa shape index (κ1) is 8.56. The molecular weight excluding hydrogens is 164 g/mol. The van der Waals surface area contributed by atoms with Gasteiger partial charge in [-0.15, -0.1) is 11.6 Å². The van der Waals surface area contributed by atoms with E-state index in [-0.39, 0.29) is 0 Å². The normalized spacial score (nSPS) is 10.4. The number of methoxy groups -OCH3 is 1. The molecule has 0 amide bonds. The fourth-order valence-corrected chi connectivity index (χ4v) is 0.932. The summed E-state index contributed by atoms with van der Waals surface area (Å²) < 4.78 is 6.87. The topological polar surface area (TPSA) is 27.1 Å². The van der Waals surface area contributed by atoms with Gasteiger partial charge in [0.05, 0.1) is 24.5 Å². The van der Waals surface area contributed by atoms with Crippen molar-refractivity contribution in [1.82, 2.24) is 9.55 Å². The van der Waals surface area contributed by atoms with Crippen molar-refractivity contribution in [2.45, 2.75) is 12.4 Å². The van der Waals surface area contributed by atoms with Gasteiger partial charge >= 0.3 is 0 Å². The predicted molar refractivity (Wildman–Crippen MR) is 43.7 cm³/mol. The van der Waals surface area contributed by atoms with Crippen LogP contribution in [-0.4, -0.2) is 23.3 Å². The lowest BCUT2D eigenvalue weighted by atomic mass is 10.5. The van der Waals surface area contributed by atoms with E-state index in [9.17, 15) is 0 Å². The summed E-state index contributed by atoms with van der Waals surface area (Å²) in [5.41, 5.74) is 0.905. The molecule has 62 valence electrons. The highest BCUT2D eigenvalue weighted by Gasteiger charge is 1.95. The highest BCUT2D eigenvalue weighted by atomic mass is 35.5. The second-order valence-electron chi connectivity index (χ2n) is 2.23. The Labute approximate surface area is 70.9 Å². The smallest absolute Gasteiger partial charge is 0.0950 e. The molecule has 3 nitrogen and oxygen atoms in total. The van der Waals surface area contributed by atoms with E-state index in [4.69, 9.17) is 16.3 Å². The first-order valence-corrected chi connectivity index (χ1v) is 3.96. The number of alkyl halides is 1. The van der Waals surface area contributed by atoms with Gasteiger partial charge in [-0.25, -0.2) is 4.98 Å². The summed E-state index contributed by atoms with van der Waals surface area (Å²) in [6.07, 6.45) is 3.68. The van der Waals surface area contributed by atoms with Gasteiger partial charge < -0.3 is 9.30 Å². The zero-order chi connectivity index (χ0) is 8.10. The lowest BCUT2D eigenvalue weighted by molar-refractivity contribution is 0.187. The van der Waals surface area contributed by atoms with Crippen molar-refractivity contribution in [2.75, 3.05) is 13.7 Å². The molecule has 0 radical (unpaired) electrons. The molecule has 1 aromatic rings. The van der Waals surface area contributed by atoms with E-state index in [0.717, 1.165) is 12.2 Å². The summed E-state index contributed by atoms with van der Waals surface area (Å²) >= 11 is 5.57. The molecule has 0 unspecified atom stereocenters. The highest BCUT2D eigenvalue weighted by Crippen LogP contribution is 1.99. The summed E-state index contributed by atoms with van der Waals surface area (Å²) in [5.74, 6) is 0.472. The Hall–Kier alpha value is -0.540. The Morgan fingerprint density at radius 3 is 3.09 bits per heavy atom. The zero-order valence-electron chi connectivity index (χ0n) is 6.46. The van der Waals surface area contributed by atoms with E-state index < -0.39 is 0 Å². The van der Waals surface area contributed by atoms with Crippen LogP contribution in [0, 0.1) is 0 Å². The third kappa shape index (κ3) is 2.52. The standard InChI is InChI=1S/C7H11ClN2O/c1-11-3-2-10-5-7(4-8)9-6-10/h5-6H,2-4H2,1H3. The van der Waals surface area contributed by atoms with Crippen LogP contribution < -0.4 is 0 Å². The molecule has 0 aliphatic heterocycles. The fraction of sp³-hybridized carbons (Fsp3) is 0.571. The van der Waals surface area contributed by atoms with E-state index >= 15 is 0 Å².